The first kappa shape index (κ1) is 10.0. The van der Waals surface area contributed by atoms with Crippen molar-refractivity contribution < 1.29 is 5.11 Å². The summed E-state index contributed by atoms with van der Waals surface area (Å²) >= 11 is 0. The van der Waals surface area contributed by atoms with E-state index in [9.17, 15) is 5.11 Å². The molecule has 0 saturated heterocycles. The van der Waals surface area contributed by atoms with Crippen LogP contribution < -0.4 is 5.32 Å². The highest BCUT2D eigenvalue weighted by Gasteiger charge is 2.09. The molecule has 6 heteroatoms. The fourth-order valence-electron chi connectivity index (χ4n) is 1.38. The van der Waals surface area contributed by atoms with Crippen LogP contribution in [0.4, 0.5) is 0 Å². The van der Waals surface area contributed by atoms with Gasteiger partial charge in [0.15, 0.2) is 0 Å². The largest absolute Gasteiger partial charge is 0.387 e. The van der Waals surface area contributed by atoms with Crippen LogP contribution in [0, 0.1) is 6.92 Å². The lowest BCUT2D eigenvalue weighted by atomic mass is 10.2. The molecule has 0 radical (unpaired) electrons. The molecule has 0 spiro atoms. The lowest BCUT2D eigenvalue weighted by Gasteiger charge is -2.08. The molecular weight excluding hydrogens is 194 g/mol. The highest BCUT2D eigenvalue weighted by atomic mass is 16.3. The van der Waals surface area contributed by atoms with E-state index in [0.29, 0.717) is 18.1 Å². The second-order valence-corrected chi connectivity index (χ2v) is 3.36. The van der Waals surface area contributed by atoms with Gasteiger partial charge in [-0.3, -0.25) is 0 Å². The Balaban J connectivity index is 2.37. The Hall–Kier alpha value is -1.53. The number of aliphatic hydroxyl groups is 1. The number of fused-ring (bicyclic) bond motifs is 1. The van der Waals surface area contributed by atoms with E-state index in [1.165, 1.54) is 0 Å². The minimum atomic E-state index is -0.573. The predicted molar refractivity (Wildman–Crippen MR) is 54.4 cm³/mol. The summed E-state index contributed by atoms with van der Waals surface area (Å²) in [5.74, 6) is 1.22. The molecule has 6 nitrogen and oxygen atoms in total. The second-order valence-electron chi connectivity index (χ2n) is 3.36. The lowest BCUT2D eigenvalue weighted by molar-refractivity contribution is 0.176. The zero-order valence-corrected chi connectivity index (χ0v) is 8.68. The van der Waals surface area contributed by atoms with Gasteiger partial charge in [0.25, 0.3) is 5.78 Å². The summed E-state index contributed by atoms with van der Waals surface area (Å²) in [7, 11) is 1.79. The molecule has 0 bridgehead atoms. The van der Waals surface area contributed by atoms with Gasteiger partial charge in [0, 0.05) is 24.5 Å². The van der Waals surface area contributed by atoms with Gasteiger partial charge in [0.1, 0.15) is 5.82 Å². The summed E-state index contributed by atoms with van der Waals surface area (Å²) < 4.78 is 1.57. The zero-order valence-electron chi connectivity index (χ0n) is 8.68. The molecule has 0 aliphatic carbocycles. The van der Waals surface area contributed by atoms with Crippen molar-refractivity contribution in [3.8, 4) is 0 Å². The smallest absolute Gasteiger partial charge is 0.252 e. The SMILES string of the molecule is CNCC(O)c1cnc2nc(C)nn2c1. The molecule has 2 aromatic heterocycles. The Morgan fingerprint density at radius 2 is 2.40 bits per heavy atom. The first-order chi connectivity index (χ1) is 7.20. The molecule has 80 valence electrons. The van der Waals surface area contributed by atoms with Crippen LogP contribution in [0.2, 0.25) is 0 Å². The first-order valence-corrected chi connectivity index (χ1v) is 4.72. The molecule has 2 heterocycles. The number of hydrogen-bond donors (Lipinski definition) is 2. The standard InChI is InChI=1S/C9H13N5O/c1-6-12-9-11-3-7(5-14(9)13-6)8(15)4-10-2/h3,5,8,10,15H,4H2,1-2H3. The average Bonchev–Trinajstić information content (AvgIpc) is 2.57. The zero-order chi connectivity index (χ0) is 10.8. The second kappa shape index (κ2) is 3.92. The van der Waals surface area contributed by atoms with Gasteiger partial charge in [-0.2, -0.15) is 10.1 Å². The van der Waals surface area contributed by atoms with Gasteiger partial charge in [-0.15, -0.1) is 0 Å². The van der Waals surface area contributed by atoms with E-state index >= 15 is 0 Å². The van der Waals surface area contributed by atoms with Gasteiger partial charge in [-0.1, -0.05) is 0 Å². The van der Waals surface area contributed by atoms with Gasteiger partial charge in [-0.05, 0) is 14.0 Å². The summed E-state index contributed by atoms with van der Waals surface area (Å²) in [5.41, 5.74) is 0.724. The van der Waals surface area contributed by atoms with E-state index in [1.807, 2.05) is 0 Å². The van der Waals surface area contributed by atoms with Crippen LogP contribution in [-0.2, 0) is 0 Å². The molecule has 0 saturated carbocycles. The van der Waals surface area contributed by atoms with Gasteiger partial charge < -0.3 is 10.4 Å². The Morgan fingerprint density at radius 1 is 1.60 bits per heavy atom. The number of likely N-dealkylation sites (N-methyl/N-ethyl adjacent to an activating group) is 1. The van der Waals surface area contributed by atoms with E-state index in [4.69, 9.17) is 0 Å². The van der Waals surface area contributed by atoms with Crippen LogP contribution in [0.25, 0.3) is 5.78 Å². The van der Waals surface area contributed by atoms with Crippen LogP contribution in [-0.4, -0.2) is 38.3 Å². The Bertz CT molecular complexity index is 466. The topological polar surface area (TPSA) is 75.3 Å². The van der Waals surface area contributed by atoms with Gasteiger partial charge in [0.2, 0.25) is 0 Å². The van der Waals surface area contributed by atoms with Crippen LogP contribution in [0.3, 0.4) is 0 Å². The predicted octanol–water partition coefficient (Wildman–Crippen LogP) is -0.314. The van der Waals surface area contributed by atoms with Crippen LogP contribution in [0.5, 0.6) is 0 Å². The van der Waals surface area contributed by atoms with Crippen LogP contribution >= 0.6 is 0 Å². The monoisotopic (exact) mass is 207 g/mol. The van der Waals surface area contributed by atoms with Crippen LogP contribution in [0.1, 0.15) is 17.5 Å². The minimum absolute atomic E-state index is 0.487. The molecular formula is C9H13N5O. The fourth-order valence-corrected chi connectivity index (χ4v) is 1.38. The van der Waals surface area contributed by atoms with Crippen molar-refractivity contribution in [1.29, 1.82) is 0 Å². The van der Waals surface area contributed by atoms with Crippen molar-refractivity contribution in [2.45, 2.75) is 13.0 Å². The van der Waals surface area contributed by atoms with Gasteiger partial charge in [0.05, 0.1) is 6.10 Å². The third-order valence-corrected chi connectivity index (χ3v) is 2.10. The first-order valence-electron chi connectivity index (χ1n) is 4.72. The van der Waals surface area contributed by atoms with Gasteiger partial charge >= 0.3 is 0 Å². The number of hydrogen-bond acceptors (Lipinski definition) is 5. The van der Waals surface area contributed by atoms with E-state index in [1.54, 1.807) is 30.9 Å². The highest BCUT2D eigenvalue weighted by molar-refractivity contribution is 5.28. The van der Waals surface area contributed by atoms with Crippen molar-refractivity contribution in [1.82, 2.24) is 24.9 Å². The Labute approximate surface area is 87.0 Å². The summed E-state index contributed by atoms with van der Waals surface area (Å²) in [6.45, 7) is 2.29. The molecule has 0 aliphatic rings. The summed E-state index contributed by atoms with van der Waals surface area (Å²) in [5, 5.41) is 16.7. The van der Waals surface area contributed by atoms with Crippen LogP contribution in [0.15, 0.2) is 12.4 Å². The average molecular weight is 207 g/mol. The third-order valence-electron chi connectivity index (χ3n) is 2.10. The maximum Gasteiger partial charge on any atom is 0.252 e. The van der Waals surface area contributed by atoms with Crippen molar-refractivity contribution in [3.05, 3.63) is 23.8 Å². The number of aliphatic hydroxyl groups excluding tert-OH is 1. The van der Waals surface area contributed by atoms with Crippen molar-refractivity contribution in [2.24, 2.45) is 0 Å². The lowest BCUT2D eigenvalue weighted by Crippen LogP contribution is -2.17. The normalized spacial score (nSPS) is 13.3. The number of aryl methyl sites for hydroxylation is 1. The molecule has 0 aromatic carbocycles. The minimum Gasteiger partial charge on any atom is -0.387 e. The number of nitrogens with one attached hydrogen (secondary N) is 1. The van der Waals surface area contributed by atoms with Crippen molar-refractivity contribution in [2.75, 3.05) is 13.6 Å². The van der Waals surface area contributed by atoms with E-state index in [0.717, 1.165) is 5.56 Å². The fraction of sp³-hybridized carbons (Fsp3) is 0.444. The highest BCUT2D eigenvalue weighted by Crippen LogP contribution is 2.10. The molecule has 1 unspecified atom stereocenters. The molecule has 2 rings (SSSR count). The maximum absolute atomic E-state index is 9.72. The number of rotatable bonds is 3. The molecule has 1 atom stereocenters. The maximum atomic E-state index is 9.72. The summed E-state index contributed by atoms with van der Waals surface area (Å²) in [6.07, 6.45) is 2.78. The quantitative estimate of drug-likeness (QED) is 0.721. The van der Waals surface area contributed by atoms with Crippen molar-refractivity contribution in [3.63, 3.8) is 0 Å². The third kappa shape index (κ3) is 1.95. The summed E-state index contributed by atoms with van der Waals surface area (Å²) in [4.78, 5) is 8.21. The number of nitrogens with zero attached hydrogens (tertiary/aromatic N) is 4. The number of aromatic nitrogens is 4. The Kier molecular flexibility index (Phi) is 2.61. The van der Waals surface area contributed by atoms with E-state index in [2.05, 4.69) is 20.4 Å². The Morgan fingerprint density at radius 3 is 3.13 bits per heavy atom. The molecule has 2 aromatic rings. The molecule has 0 amide bonds. The molecule has 0 fully saturated rings. The van der Waals surface area contributed by atoms with E-state index < -0.39 is 6.10 Å². The summed E-state index contributed by atoms with van der Waals surface area (Å²) in [6, 6.07) is 0. The molecule has 0 aliphatic heterocycles. The molecule has 15 heavy (non-hydrogen) atoms. The van der Waals surface area contributed by atoms with Gasteiger partial charge in [-0.25, -0.2) is 9.50 Å². The molecule has 2 N–H and O–H groups in total. The van der Waals surface area contributed by atoms with Crippen molar-refractivity contribution >= 4 is 5.78 Å². The van der Waals surface area contributed by atoms with E-state index in [-0.39, 0.29) is 0 Å².